The first-order valence-electron chi connectivity index (χ1n) is 10.8. The van der Waals surface area contributed by atoms with E-state index in [0.717, 1.165) is 22.9 Å². The average molecular weight is 492 g/mol. The van der Waals surface area contributed by atoms with Gasteiger partial charge in [-0.3, -0.25) is 0 Å². The van der Waals surface area contributed by atoms with Crippen molar-refractivity contribution in [3.63, 3.8) is 0 Å². The second kappa shape index (κ2) is 10.6. The number of rotatable bonds is 9. The molecule has 0 aromatic heterocycles. The van der Waals surface area contributed by atoms with E-state index in [-0.39, 0.29) is 31.6 Å². The number of sulfonamides is 1. The highest BCUT2D eigenvalue weighted by atomic mass is 32.2. The van der Waals surface area contributed by atoms with Gasteiger partial charge in [0.25, 0.3) is 0 Å². The van der Waals surface area contributed by atoms with Crippen molar-refractivity contribution in [1.82, 2.24) is 4.31 Å². The second-order valence-electron chi connectivity index (χ2n) is 8.07. The van der Waals surface area contributed by atoms with Crippen LogP contribution in [0.1, 0.15) is 24.0 Å². The zero-order chi connectivity index (χ0) is 24.1. The summed E-state index contributed by atoms with van der Waals surface area (Å²) in [4.78, 5) is -0.582. The van der Waals surface area contributed by atoms with Crippen LogP contribution in [0.3, 0.4) is 0 Å². The Morgan fingerprint density at radius 1 is 0.941 bits per heavy atom. The highest BCUT2D eigenvalue weighted by molar-refractivity contribution is 7.89. The average Bonchev–Trinajstić information content (AvgIpc) is 3.31. The summed E-state index contributed by atoms with van der Waals surface area (Å²) in [6.45, 7) is 0.751. The van der Waals surface area contributed by atoms with Gasteiger partial charge < -0.3 is 9.47 Å². The monoisotopic (exact) mass is 491 g/mol. The summed E-state index contributed by atoms with van der Waals surface area (Å²) in [5.74, 6) is -1.80. The molecular formula is C25H24F3NO4S. The highest BCUT2D eigenvalue weighted by Gasteiger charge is 2.31. The van der Waals surface area contributed by atoms with E-state index in [1.54, 1.807) is 36.4 Å². The molecule has 1 unspecified atom stereocenters. The van der Waals surface area contributed by atoms with Gasteiger partial charge in [0.15, 0.2) is 0 Å². The molecule has 4 rings (SSSR count). The fourth-order valence-electron chi connectivity index (χ4n) is 3.77. The molecule has 1 fully saturated rings. The normalized spacial score (nSPS) is 16.2. The van der Waals surface area contributed by atoms with Crippen molar-refractivity contribution < 1.29 is 31.1 Å². The zero-order valence-corrected chi connectivity index (χ0v) is 19.1. The minimum absolute atomic E-state index is 0.0246. The van der Waals surface area contributed by atoms with Crippen molar-refractivity contribution in [2.75, 3.05) is 13.2 Å². The quantitative estimate of drug-likeness (QED) is 0.420. The lowest BCUT2D eigenvalue weighted by atomic mass is 10.2. The Labute approximate surface area is 196 Å². The summed E-state index contributed by atoms with van der Waals surface area (Å²) in [5, 5.41) is 0. The van der Waals surface area contributed by atoms with Gasteiger partial charge in [-0.05, 0) is 60.4 Å². The molecule has 1 aliphatic rings. The molecule has 9 heteroatoms. The lowest BCUT2D eigenvalue weighted by Crippen LogP contribution is -2.37. The first kappa shape index (κ1) is 24.3. The smallest absolute Gasteiger partial charge is 0.246 e. The maximum atomic E-state index is 14.3. The Bertz CT molecular complexity index is 1230. The Balaban J connectivity index is 1.50. The van der Waals surface area contributed by atoms with Gasteiger partial charge in [0.2, 0.25) is 10.0 Å². The number of ether oxygens (including phenoxy) is 2. The van der Waals surface area contributed by atoms with Crippen molar-refractivity contribution in [3.05, 3.63) is 95.3 Å². The predicted octanol–water partition coefficient (Wildman–Crippen LogP) is 5.05. The number of benzene rings is 3. The molecule has 34 heavy (non-hydrogen) atoms. The maximum absolute atomic E-state index is 14.3. The van der Waals surface area contributed by atoms with Crippen molar-refractivity contribution in [2.45, 2.75) is 37.0 Å². The van der Waals surface area contributed by atoms with Crippen LogP contribution >= 0.6 is 0 Å². The molecule has 0 N–H and O–H groups in total. The molecule has 1 aliphatic heterocycles. The van der Waals surface area contributed by atoms with Crippen LogP contribution in [0.25, 0.3) is 0 Å². The predicted molar refractivity (Wildman–Crippen MR) is 120 cm³/mol. The standard InChI is InChI=1S/C25H24F3NO4S/c26-20-4-1-3-19(13-20)17-33-22-9-6-18(7-10-22)15-29(16-23-5-2-12-32-23)34(30,31)25-11-8-21(27)14-24(25)28/h1,3-4,6-11,13-14,23H,2,5,12,15-17H2. The Hall–Kier alpha value is -2.88. The lowest BCUT2D eigenvalue weighted by molar-refractivity contribution is 0.0925. The van der Waals surface area contributed by atoms with Crippen LogP contribution in [0.15, 0.2) is 71.6 Å². The zero-order valence-electron chi connectivity index (χ0n) is 18.3. The minimum atomic E-state index is -4.25. The van der Waals surface area contributed by atoms with Gasteiger partial charge >= 0.3 is 0 Å². The van der Waals surface area contributed by atoms with Crippen LogP contribution < -0.4 is 4.74 Å². The molecule has 0 radical (unpaired) electrons. The van der Waals surface area contributed by atoms with Crippen LogP contribution in [0.5, 0.6) is 5.75 Å². The van der Waals surface area contributed by atoms with Crippen molar-refractivity contribution in [2.24, 2.45) is 0 Å². The third kappa shape index (κ3) is 5.97. The summed E-state index contributed by atoms with van der Waals surface area (Å²) in [6.07, 6.45) is 1.22. The van der Waals surface area contributed by atoms with Gasteiger partial charge in [-0.15, -0.1) is 0 Å². The summed E-state index contributed by atoms with van der Waals surface area (Å²) >= 11 is 0. The minimum Gasteiger partial charge on any atom is -0.489 e. The van der Waals surface area contributed by atoms with Gasteiger partial charge in [-0.25, -0.2) is 21.6 Å². The lowest BCUT2D eigenvalue weighted by Gasteiger charge is -2.25. The maximum Gasteiger partial charge on any atom is 0.246 e. The first-order chi connectivity index (χ1) is 16.3. The van der Waals surface area contributed by atoms with E-state index in [9.17, 15) is 21.6 Å². The first-order valence-corrected chi connectivity index (χ1v) is 12.3. The third-order valence-electron chi connectivity index (χ3n) is 5.52. The van der Waals surface area contributed by atoms with Gasteiger partial charge in [-0.2, -0.15) is 4.31 Å². The fraction of sp³-hybridized carbons (Fsp3) is 0.280. The van der Waals surface area contributed by atoms with E-state index in [2.05, 4.69) is 0 Å². The highest BCUT2D eigenvalue weighted by Crippen LogP contribution is 2.25. The van der Waals surface area contributed by atoms with E-state index >= 15 is 0 Å². The molecule has 1 heterocycles. The van der Waals surface area contributed by atoms with E-state index in [0.29, 0.717) is 36.0 Å². The number of halogens is 3. The second-order valence-corrected chi connectivity index (χ2v) is 9.98. The van der Waals surface area contributed by atoms with Gasteiger partial charge in [0.05, 0.1) is 6.10 Å². The van der Waals surface area contributed by atoms with Crippen LogP contribution in [0.4, 0.5) is 13.2 Å². The Morgan fingerprint density at radius 3 is 2.38 bits per heavy atom. The fourth-order valence-corrected chi connectivity index (χ4v) is 5.28. The van der Waals surface area contributed by atoms with Crippen molar-refractivity contribution in [1.29, 1.82) is 0 Å². The SMILES string of the molecule is O=S(=O)(c1ccc(F)cc1F)N(Cc1ccc(OCc2cccc(F)c2)cc1)CC1CCCO1. The molecule has 0 bridgehead atoms. The van der Waals surface area contributed by atoms with E-state index in [1.165, 1.54) is 12.1 Å². The van der Waals surface area contributed by atoms with Crippen molar-refractivity contribution in [3.8, 4) is 5.75 Å². The molecule has 0 amide bonds. The number of hydrogen-bond acceptors (Lipinski definition) is 4. The van der Waals surface area contributed by atoms with Crippen LogP contribution in [0, 0.1) is 17.5 Å². The summed E-state index contributed by atoms with van der Waals surface area (Å²) in [7, 11) is -4.25. The summed E-state index contributed by atoms with van der Waals surface area (Å²) in [6, 6.07) is 15.3. The van der Waals surface area contributed by atoms with Crippen molar-refractivity contribution >= 4 is 10.0 Å². The number of nitrogens with zero attached hydrogens (tertiary/aromatic N) is 1. The molecule has 3 aromatic carbocycles. The van der Waals surface area contributed by atoms with Gasteiger partial charge in [0.1, 0.15) is 34.7 Å². The molecule has 180 valence electrons. The van der Waals surface area contributed by atoms with E-state index in [4.69, 9.17) is 9.47 Å². The van der Waals surface area contributed by atoms with Gasteiger partial charge in [0, 0.05) is 25.8 Å². The molecule has 1 atom stereocenters. The van der Waals surface area contributed by atoms with Crippen LogP contribution in [-0.4, -0.2) is 32.0 Å². The van der Waals surface area contributed by atoms with E-state index in [1.807, 2.05) is 0 Å². The Morgan fingerprint density at radius 2 is 1.71 bits per heavy atom. The Kier molecular flexibility index (Phi) is 7.55. The molecule has 1 saturated heterocycles. The summed E-state index contributed by atoms with van der Waals surface area (Å²) < 4.78 is 80.0. The number of hydrogen-bond donors (Lipinski definition) is 0. The topological polar surface area (TPSA) is 55.8 Å². The molecule has 5 nitrogen and oxygen atoms in total. The molecule has 3 aromatic rings. The summed E-state index contributed by atoms with van der Waals surface area (Å²) in [5.41, 5.74) is 1.33. The molecule has 0 spiro atoms. The third-order valence-corrected chi connectivity index (χ3v) is 7.36. The largest absolute Gasteiger partial charge is 0.489 e. The van der Waals surface area contributed by atoms with Crippen LogP contribution in [0.2, 0.25) is 0 Å². The molecule has 0 saturated carbocycles. The van der Waals surface area contributed by atoms with E-state index < -0.39 is 26.6 Å². The molecule has 0 aliphatic carbocycles. The van der Waals surface area contributed by atoms with Crippen LogP contribution in [-0.2, 0) is 27.9 Å². The molecular weight excluding hydrogens is 467 g/mol. The van der Waals surface area contributed by atoms with Gasteiger partial charge in [-0.1, -0.05) is 24.3 Å².